The van der Waals surface area contributed by atoms with Gasteiger partial charge < -0.3 is 9.73 Å². The Bertz CT molecular complexity index is 445. The molecule has 78 valence electrons. The number of pyridine rings is 1. The average molecular weight is 288 g/mol. The molecule has 0 amide bonds. The Kier molecular flexibility index (Phi) is 3.28. The normalized spacial score (nSPS) is 10.3. The monoisotopic (exact) mass is 286 g/mol. The van der Waals surface area contributed by atoms with Gasteiger partial charge in [-0.2, -0.15) is 0 Å². The minimum Gasteiger partial charge on any atom is -0.467 e. The lowest BCUT2D eigenvalue weighted by molar-refractivity contribution is 0.518. The lowest BCUT2D eigenvalue weighted by atomic mass is 10.4. The second-order valence-corrected chi connectivity index (χ2v) is 4.14. The van der Waals surface area contributed by atoms with Crippen LogP contribution in [0.2, 0.25) is 5.15 Å². The highest BCUT2D eigenvalue weighted by atomic mass is 79.9. The molecule has 5 heteroatoms. The first-order chi connectivity index (χ1) is 7.25. The smallest absolute Gasteiger partial charge is 0.143 e. The van der Waals surface area contributed by atoms with Gasteiger partial charge in [0.25, 0.3) is 0 Å². The van der Waals surface area contributed by atoms with Gasteiger partial charge in [-0.05, 0) is 34.1 Å². The van der Waals surface area contributed by atoms with Crippen LogP contribution in [0, 0.1) is 0 Å². The molecule has 0 saturated carbocycles. The van der Waals surface area contributed by atoms with Crippen LogP contribution in [0.4, 0.5) is 5.69 Å². The van der Waals surface area contributed by atoms with Gasteiger partial charge in [0.05, 0.1) is 29.2 Å². The van der Waals surface area contributed by atoms with E-state index in [1.165, 1.54) is 0 Å². The van der Waals surface area contributed by atoms with Crippen molar-refractivity contribution in [2.24, 2.45) is 0 Å². The fourth-order valence-electron chi connectivity index (χ4n) is 1.12. The number of furan rings is 1. The van der Waals surface area contributed by atoms with Crippen LogP contribution in [-0.4, -0.2) is 4.98 Å². The Balaban J connectivity index is 2.02. The zero-order chi connectivity index (χ0) is 10.7. The van der Waals surface area contributed by atoms with Crippen molar-refractivity contribution in [1.29, 1.82) is 0 Å². The summed E-state index contributed by atoms with van der Waals surface area (Å²) in [4.78, 5) is 4.00. The predicted molar refractivity (Wildman–Crippen MR) is 63.0 cm³/mol. The number of anilines is 1. The molecule has 0 unspecified atom stereocenters. The van der Waals surface area contributed by atoms with Gasteiger partial charge in [-0.1, -0.05) is 11.6 Å². The Labute approximate surface area is 101 Å². The van der Waals surface area contributed by atoms with Crippen LogP contribution in [0.15, 0.2) is 39.5 Å². The molecule has 2 rings (SSSR count). The van der Waals surface area contributed by atoms with Crippen molar-refractivity contribution in [3.63, 3.8) is 0 Å². The van der Waals surface area contributed by atoms with Crippen molar-refractivity contribution in [1.82, 2.24) is 4.98 Å². The first kappa shape index (κ1) is 10.5. The van der Waals surface area contributed by atoms with Gasteiger partial charge in [-0.15, -0.1) is 0 Å². The lowest BCUT2D eigenvalue weighted by Gasteiger charge is -2.04. The highest BCUT2D eigenvalue weighted by Crippen LogP contribution is 2.23. The Morgan fingerprint density at radius 3 is 3.07 bits per heavy atom. The first-order valence-corrected chi connectivity index (χ1v) is 5.50. The van der Waals surface area contributed by atoms with E-state index in [1.54, 1.807) is 12.5 Å². The maximum absolute atomic E-state index is 5.78. The van der Waals surface area contributed by atoms with Gasteiger partial charge in [-0.3, -0.25) is 0 Å². The molecule has 15 heavy (non-hydrogen) atoms. The average Bonchev–Trinajstić information content (AvgIpc) is 2.73. The van der Waals surface area contributed by atoms with Gasteiger partial charge in [0.1, 0.15) is 10.9 Å². The minimum atomic E-state index is 0.457. The lowest BCUT2D eigenvalue weighted by Crippen LogP contribution is -1.98. The number of hydrogen-bond acceptors (Lipinski definition) is 3. The van der Waals surface area contributed by atoms with Crippen molar-refractivity contribution in [2.75, 3.05) is 5.32 Å². The number of hydrogen-bond donors (Lipinski definition) is 1. The van der Waals surface area contributed by atoms with Crippen molar-refractivity contribution in [3.05, 3.63) is 46.0 Å². The Morgan fingerprint density at radius 1 is 1.53 bits per heavy atom. The third kappa shape index (κ3) is 2.73. The summed E-state index contributed by atoms with van der Waals surface area (Å²) in [7, 11) is 0. The maximum Gasteiger partial charge on any atom is 0.143 e. The van der Waals surface area contributed by atoms with E-state index >= 15 is 0 Å². The molecule has 0 radical (unpaired) electrons. The predicted octanol–water partition coefficient (Wildman–Crippen LogP) is 3.70. The Hall–Kier alpha value is -1.00. The van der Waals surface area contributed by atoms with Gasteiger partial charge in [0.15, 0.2) is 0 Å². The van der Waals surface area contributed by atoms with Crippen LogP contribution in [0.25, 0.3) is 0 Å². The van der Waals surface area contributed by atoms with Gasteiger partial charge in [0.2, 0.25) is 0 Å². The van der Waals surface area contributed by atoms with E-state index in [9.17, 15) is 0 Å². The SMILES string of the molecule is Clc1ncc(NCc2ccco2)cc1Br. The van der Waals surface area contributed by atoms with E-state index in [1.807, 2.05) is 18.2 Å². The number of rotatable bonds is 3. The number of nitrogens with one attached hydrogen (secondary N) is 1. The molecule has 0 aliphatic rings. The largest absolute Gasteiger partial charge is 0.467 e. The molecule has 2 heterocycles. The molecule has 0 spiro atoms. The van der Waals surface area contributed by atoms with E-state index in [4.69, 9.17) is 16.0 Å². The summed E-state index contributed by atoms with van der Waals surface area (Å²) in [6.07, 6.45) is 3.32. The zero-order valence-corrected chi connectivity index (χ0v) is 10.0. The van der Waals surface area contributed by atoms with Gasteiger partial charge in [-0.25, -0.2) is 4.98 Å². The van der Waals surface area contributed by atoms with Crippen LogP contribution in [0.3, 0.4) is 0 Å². The summed E-state index contributed by atoms with van der Waals surface area (Å²) >= 11 is 9.08. The quantitative estimate of drug-likeness (QED) is 0.875. The summed E-state index contributed by atoms with van der Waals surface area (Å²) in [5.74, 6) is 0.876. The standard InChI is InChI=1S/C10H8BrClN2O/c11-9-4-7(5-14-10(9)12)13-6-8-2-1-3-15-8/h1-5,13H,6H2. The van der Waals surface area contributed by atoms with Gasteiger partial charge >= 0.3 is 0 Å². The molecule has 0 aliphatic carbocycles. The summed E-state index contributed by atoms with van der Waals surface area (Å²) in [5.41, 5.74) is 0.891. The van der Waals surface area contributed by atoms with Crippen LogP contribution in [-0.2, 0) is 6.54 Å². The fourth-order valence-corrected chi connectivity index (χ4v) is 1.57. The second-order valence-electron chi connectivity index (χ2n) is 2.93. The van der Waals surface area contributed by atoms with E-state index in [2.05, 4.69) is 26.2 Å². The number of aromatic nitrogens is 1. The molecular weight excluding hydrogens is 279 g/mol. The number of halogens is 2. The highest BCUT2D eigenvalue weighted by Gasteiger charge is 2.00. The molecule has 2 aromatic rings. The summed E-state index contributed by atoms with van der Waals surface area (Å²) in [6.45, 7) is 0.628. The molecule has 1 N–H and O–H groups in total. The highest BCUT2D eigenvalue weighted by molar-refractivity contribution is 9.10. The van der Waals surface area contributed by atoms with Crippen LogP contribution < -0.4 is 5.32 Å². The third-order valence-corrected chi connectivity index (χ3v) is 2.98. The fraction of sp³-hybridized carbons (Fsp3) is 0.100. The van der Waals surface area contributed by atoms with Crippen molar-refractivity contribution in [3.8, 4) is 0 Å². The van der Waals surface area contributed by atoms with E-state index < -0.39 is 0 Å². The Morgan fingerprint density at radius 2 is 2.40 bits per heavy atom. The van der Waals surface area contributed by atoms with Gasteiger partial charge in [0, 0.05) is 0 Å². The van der Waals surface area contributed by atoms with Crippen LogP contribution in [0.5, 0.6) is 0 Å². The van der Waals surface area contributed by atoms with Crippen LogP contribution in [0.1, 0.15) is 5.76 Å². The van der Waals surface area contributed by atoms with Crippen molar-refractivity contribution in [2.45, 2.75) is 6.54 Å². The molecule has 0 atom stereocenters. The first-order valence-electron chi connectivity index (χ1n) is 4.33. The number of nitrogens with zero attached hydrogens (tertiary/aromatic N) is 1. The molecular formula is C10H8BrClN2O. The molecule has 0 fully saturated rings. The summed E-state index contributed by atoms with van der Waals surface area (Å²) < 4.78 is 5.96. The molecule has 0 bridgehead atoms. The summed E-state index contributed by atoms with van der Waals surface area (Å²) in [6, 6.07) is 5.64. The topological polar surface area (TPSA) is 38.1 Å². The van der Waals surface area contributed by atoms with E-state index in [0.717, 1.165) is 15.9 Å². The molecule has 0 aromatic carbocycles. The molecule has 2 aromatic heterocycles. The van der Waals surface area contributed by atoms with Crippen molar-refractivity contribution >= 4 is 33.2 Å². The molecule has 0 aliphatic heterocycles. The van der Waals surface area contributed by atoms with E-state index in [0.29, 0.717) is 11.7 Å². The molecule has 3 nitrogen and oxygen atoms in total. The minimum absolute atomic E-state index is 0.457. The molecule has 0 saturated heterocycles. The maximum atomic E-state index is 5.78. The summed E-state index contributed by atoms with van der Waals surface area (Å²) in [5, 5.41) is 3.63. The second kappa shape index (κ2) is 4.68. The van der Waals surface area contributed by atoms with Crippen LogP contribution >= 0.6 is 27.5 Å². The third-order valence-electron chi connectivity index (χ3n) is 1.84. The van der Waals surface area contributed by atoms with E-state index in [-0.39, 0.29) is 0 Å². The van der Waals surface area contributed by atoms with Crippen molar-refractivity contribution < 1.29 is 4.42 Å². The zero-order valence-electron chi connectivity index (χ0n) is 7.71.